The summed E-state index contributed by atoms with van der Waals surface area (Å²) in [6, 6.07) is 5.58. The second kappa shape index (κ2) is 12.3. The zero-order valence-electron chi connectivity index (χ0n) is 26.4. The zero-order chi connectivity index (χ0) is 32.3. The molecule has 0 bridgehead atoms. The van der Waals surface area contributed by atoms with Gasteiger partial charge in [0, 0.05) is 0 Å². The number of ether oxygens (including phenoxy) is 8. The molecule has 13 heteroatoms. The number of aliphatic hydroxyl groups is 2. The molecule has 0 saturated carbocycles. The van der Waals surface area contributed by atoms with Crippen molar-refractivity contribution >= 4 is 11.0 Å². The predicted octanol–water partition coefficient (Wildman–Crippen LogP) is 1.73. The van der Waals surface area contributed by atoms with Crippen molar-refractivity contribution in [2.45, 2.75) is 121 Å². The smallest absolute Gasteiger partial charge is 0.329 e. The van der Waals surface area contributed by atoms with Crippen LogP contribution in [0.15, 0.2) is 48.3 Å². The Kier molecular flexibility index (Phi) is 8.89. The van der Waals surface area contributed by atoms with Crippen LogP contribution in [0.3, 0.4) is 0 Å². The van der Waals surface area contributed by atoms with E-state index in [2.05, 4.69) is 13.2 Å². The Hall–Kier alpha value is -2.43. The number of aliphatic hydroxyl groups excluding tert-OH is 2. The van der Waals surface area contributed by atoms with Crippen LogP contribution in [0.4, 0.5) is 0 Å². The largest absolute Gasteiger partial charge is 0.388 e. The molecule has 2 N–H and O–H groups in total. The molecule has 6 rings (SSSR count). The van der Waals surface area contributed by atoms with Gasteiger partial charge in [-0.15, -0.1) is 13.2 Å². The summed E-state index contributed by atoms with van der Waals surface area (Å²) < 4.78 is 50.9. The molecule has 0 radical (unpaired) electrons. The Morgan fingerprint density at radius 3 is 1.76 bits per heavy atom. The van der Waals surface area contributed by atoms with E-state index in [1.165, 1.54) is 9.13 Å². The van der Waals surface area contributed by atoms with E-state index < -0.39 is 78.7 Å². The Bertz CT molecular complexity index is 1470. The molecule has 1 aromatic carbocycles. The fourth-order valence-corrected chi connectivity index (χ4v) is 6.73. The Morgan fingerprint density at radius 1 is 0.822 bits per heavy atom. The van der Waals surface area contributed by atoms with Gasteiger partial charge in [-0.05, 0) is 52.3 Å². The van der Waals surface area contributed by atoms with Gasteiger partial charge in [0.25, 0.3) is 0 Å². The van der Waals surface area contributed by atoms with Crippen molar-refractivity contribution in [3.05, 3.63) is 59.6 Å². The van der Waals surface area contributed by atoms with E-state index >= 15 is 0 Å². The molecule has 248 valence electrons. The highest BCUT2D eigenvalue weighted by molar-refractivity contribution is 5.77. The lowest BCUT2D eigenvalue weighted by Gasteiger charge is -2.28. The van der Waals surface area contributed by atoms with E-state index in [9.17, 15) is 15.0 Å². The third kappa shape index (κ3) is 6.19. The van der Waals surface area contributed by atoms with Crippen LogP contribution in [0.2, 0.25) is 0 Å². The molecule has 4 aliphatic heterocycles. The molecule has 0 spiro atoms. The summed E-state index contributed by atoms with van der Waals surface area (Å²) in [6.45, 7) is 16.7. The van der Waals surface area contributed by atoms with Crippen molar-refractivity contribution in [2.75, 3.05) is 13.2 Å². The maximum Gasteiger partial charge on any atom is 0.329 e. The minimum absolute atomic E-state index is 0.102. The van der Waals surface area contributed by atoms with Gasteiger partial charge in [0.15, 0.2) is 24.2 Å². The van der Waals surface area contributed by atoms with Crippen molar-refractivity contribution in [1.82, 2.24) is 9.13 Å². The SMILES string of the molecule is C=CCO[C@@H]1[C@H]([C@H](O)Cn2c(=O)n(C[C@H](O)[C@@H]3O[C@@H]4OC(C)(C)O[C@@H]4[C@@H]3OCC=C)c3cc(C)ccc32)O[C@@H]2OC(C)(C)O[C@@H]21. The summed E-state index contributed by atoms with van der Waals surface area (Å²) >= 11 is 0. The maximum atomic E-state index is 14.0. The first-order valence-corrected chi connectivity index (χ1v) is 15.4. The van der Waals surface area contributed by atoms with Crippen LogP contribution >= 0.6 is 0 Å². The van der Waals surface area contributed by atoms with Gasteiger partial charge in [0.1, 0.15) is 48.8 Å². The fraction of sp³-hybridized carbons (Fsp3) is 0.656. The molecule has 4 fully saturated rings. The molecule has 1 aromatic heterocycles. The number of hydrogen-bond acceptors (Lipinski definition) is 11. The summed E-state index contributed by atoms with van der Waals surface area (Å²) in [6.07, 6.45) is -4.66. The summed E-state index contributed by atoms with van der Waals surface area (Å²) in [4.78, 5) is 14.0. The monoisotopic (exact) mass is 632 g/mol. The van der Waals surface area contributed by atoms with Crippen molar-refractivity contribution in [2.24, 2.45) is 0 Å². The van der Waals surface area contributed by atoms with Crippen molar-refractivity contribution in [3.8, 4) is 0 Å². The third-order valence-electron chi connectivity index (χ3n) is 8.54. The number of aromatic nitrogens is 2. The number of imidazole rings is 1. The normalized spacial score (nSPS) is 34.6. The van der Waals surface area contributed by atoms with Gasteiger partial charge in [0.2, 0.25) is 0 Å². The van der Waals surface area contributed by atoms with Crippen LogP contribution in [0.1, 0.15) is 33.3 Å². The lowest BCUT2D eigenvalue weighted by atomic mass is 10.1. The highest BCUT2D eigenvalue weighted by Crippen LogP contribution is 2.41. The number of benzene rings is 1. The van der Waals surface area contributed by atoms with Crippen LogP contribution in [0, 0.1) is 6.92 Å². The van der Waals surface area contributed by atoms with Gasteiger partial charge in [-0.3, -0.25) is 9.13 Å². The Labute approximate surface area is 261 Å². The molecule has 2 aromatic rings. The van der Waals surface area contributed by atoms with Crippen LogP contribution < -0.4 is 5.69 Å². The molecule has 10 atom stereocenters. The number of rotatable bonds is 12. The van der Waals surface area contributed by atoms with E-state index in [0.29, 0.717) is 11.0 Å². The van der Waals surface area contributed by atoms with E-state index in [1.807, 2.05) is 25.1 Å². The number of hydrogen-bond donors (Lipinski definition) is 2. The standard InChI is InChI=1S/C32H44N2O11/c1-8-12-38-24-22(40-28-26(24)42-31(4,5)44-28)20(35)15-33-18-11-10-17(3)14-19(18)34(30(33)37)16-21(36)23-25(39-13-9-2)27-29(41-23)45-32(6,7)43-27/h8-11,14,20-29,35-36H,1-2,12-13,15-16H2,3-7H3/t20-,21+,22+,23+,24-,25-,26-,27-,28-,29-/m1/s1. The van der Waals surface area contributed by atoms with Gasteiger partial charge >= 0.3 is 5.69 Å². The molecule has 45 heavy (non-hydrogen) atoms. The molecule has 0 amide bonds. The minimum atomic E-state index is -1.16. The van der Waals surface area contributed by atoms with Crippen LogP contribution in [0.25, 0.3) is 11.0 Å². The Morgan fingerprint density at radius 2 is 1.29 bits per heavy atom. The topological polar surface area (TPSA) is 141 Å². The number of aryl methyl sites for hydroxylation is 1. The molecule has 4 aliphatic rings. The zero-order valence-corrected chi connectivity index (χ0v) is 26.4. The van der Waals surface area contributed by atoms with Gasteiger partial charge in [-0.1, -0.05) is 18.2 Å². The second-order valence-electron chi connectivity index (χ2n) is 12.9. The highest BCUT2D eigenvalue weighted by Gasteiger charge is 2.58. The molecule has 0 unspecified atom stereocenters. The lowest BCUT2D eigenvalue weighted by Crippen LogP contribution is -2.46. The van der Waals surface area contributed by atoms with E-state index in [1.54, 1.807) is 39.8 Å². The Balaban J connectivity index is 1.25. The van der Waals surface area contributed by atoms with Crippen molar-refractivity contribution in [1.29, 1.82) is 0 Å². The average molecular weight is 633 g/mol. The molecular weight excluding hydrogens is 588 g/mol. The molecular formula is C32H44N2O11. The molecule has 4 saturated heterocycles. The third-order valence-corrected chi connectivity index (χ3v) is 8.54. The summed E-state index contributed by atoms with van der Waals surface area (Å²) in [5.74, 6) is -1.73. The maximum absolute atomic E-state index is 14.0. The molecule has 5 heterocycles. The first-order valence-electron chi connectivity index (χ1n) is 15.4. The van der Waals surface area contributed by atoms with Crippen LogP contribution in [0.5, 0.6) is 0 Å². The lowest BCUT2D eigenvalue weighted by molar-refractivity contribution is -0.229. The van der Waals surface area contributed by atoms with Gasteiger partial charge in [-0.2, -0.15) is 0 Å². The van der Waals surface area contributed by atoms with Crippen LogP contribution in [-0.4, -0.2) is 106 Å². The van der Waals surface area contributed by atoms with Gasteiger partial charge in [-0.25, -0.2) is 4.79 Å². The molecule has 0 aliphatic carbocycles. The molecule has 13 nitrogen and oxygen atoms in total. The predicted molar refractivity (Wildman–Crippen MR) is 160 cm³/mol. The van der Waals surface area contributed by atoms with E-state index in [-0.39, 0.29) is 26.3 Å². The first kappa shape index (κ1) is 32.5. The first-order chi connectivity index (χ1) is 21.3. The average Bonchev–Trinajstić information content (AvgIpc) is 3.70. The van der Waals surface area contributed by atoms with Gasteiger partial charge in [0.05, 0.1) is 37.3 Å². The van der Waals surface area contributed by atoms with Gasteiger partial charge < -0.3 is 48.1 Å². The van der Waals surface area contributed by atoms with Crippen molar-refractivity contribution < 1.29 is 48.1 Å². The van der Waals surface area contributed by atoms with Crippen LogP contribution in [-0.2, 0) is 51.0 Å². The quantitative estimate of drug-likeness (QED) is 0.331. The highest BCUT2D eigenvalue weighted by atomic mass is 16.9. The number of nitrogens with zero attached hydrogens (tertiary/aromatic N) is 2. The number of fused-ring (bicyclic) bond motifs is 3. The fourth-order valence-electron chi connectivity index (χ4n) is 6.73. The minimum Gasteiger partial charge on any atom is -0.388 e. The van der Waals surface area contributed by atoms with Crippen molar-refractivity contribution in [3.63, 3.8) is 0 Å². The summed E-state index contributed by atoms with van der Waals surface area (Å²) in [5, 5.41) is 23.0. The van der Waals surface area contributed by atoms with E-state index in [4.69, 9.17) is 37.9 Å². The summed E-state index contributed by atoms with van der Waals surface area (Å²) in [5.41, 5.74) is 1.69. The van der Waals surface area contributed by atoms with E-state index in [0.717, 1.165) is 5.56 Å². The second-order valence-corrected chi connectivity index (χ2v) is 12.9. The summed E-state index contributed by atoms with van der Waals surface area (Å²) in [7, 11) is 0.